The maximum Gasteiger partial charge on any atom is 0.330 e. The zero-order chi connectivity index (χ0) is 36.1. The van der Waals surface area contributed by atoms with Crippen LogP contribution in [0.25, 0.3) is 0 Å². The minimum Gasteiger partial charge on any atom is -0.379 e. The van der Waals surface area contributed by atoms with Crippen LogP contribution in [-0.4, -0.2) is 66.8 Å². The molecular formula is C41H72NO7P. The first kappa shape index (κ1) is 44.6. The van der Waals surface area contributed by atoms with Crippen molar-refractivity contribution < 1.29 is 33.0 Å². The fourth-order valence-corrected chi connectivity index (χ4v) is 7.51. The predicted molar refractivity (Wildman–Crippen MR) is 205 cm³/mol. The van der Waals surface area contributed by atoms with E-state index in [0.717, 1.165) is 30.6 Å². The maximum absolute atomic E-state index is 12.9. The van der Waals surface area contributed by atoms with Crippen LogP contribution in [0.1, 0.15) is 189 Å². The molecule has 1 heterocycles. The van der Waals surface area contributed by atoms with E-state index in [-0.39, 0.29) is 19.3 Å². The van der Waals surface area contributed by atoms with Gasteiger partial charge < -0.3 is 18.9 Å². The van der Waals surface area contributed by atoms with Crippen molar-refractivity contribution in [1.82, 2.24) is 4.90 Å². The Morgan fingerprint density at radius 3 is 1.44 bits per heavy atom. The lowest BCUT2D eigenvalue weighted by Gasteiger charge is -2.21. The summed E-state index contributed by atoms with van der Waals surface area (Å²) < 4.78 is 30.5. The lowest BCUT2D eigenvalue weighted by molar-refractivity contribution is -0.0403. The minimum absolute atomic E-state index is 0.0768. The van der Waals surface area contributed by atoms with Gasteiger partial charge in [0.15, 0.2) is 0 Å². The van der Waals surface area contributed by atoms with Gasteiger partial charge in [-0.25, -0.2) is 0 Å². The van der Waals surface area contributed by atoms with Gasteiger partial charge in [-0.05, 0) is 25.0 Å². The molecule has 9 heteroatoms. The Hall–Kier alpha value is -1.57. The summed E-state index contributed by atoms with van der Waals surface area (Å²) in [6, 6.07) is 6.59. The number of hydrogen-bond acceptors (Lipinski definition) is 6. The Morgan fingerprint density at radius 1 is 0.600 bits per heavy atom. The van der Waals surface area contributed by atoms with Gasteiger partial charge in [-0.2, -0.15) is 0 Å². The summed E-state index contributed by atoms with van der Waals surface area (Å²) in [5, 5.41) is 0. The SMILES string of the molecule is CCCCCCCCCCCCCCOC[C@@H](COP(=O)(O)CCN1C(=O)c2ccccc2C1=O)OCCCCCCCCCCCCCC. The second kappa shape index (κ2) is 28.9. The van der Waals surface area contributed by atoms with Gasteiger partial charge in [-0.1, -0.05) is 167 Å². The van der Waals surface area contributed by atoms with Gasteiger partial charge in [0.05, 0.1) is 30.5 Å². The summed E-state index contributed by atoms with van der Waals surface area (Å²) in [5.74, 6) is -0.888. The lowest BCUT2D eigenvalue weighted by Crippen LogP contribution is -2.33. The number of ether oxygens (including phenoxy) is 2. The molecule has 1 aromatic carbocycles. The number of carbonyl (C=O) groups is 2. The fourth-order valence-electron chi connectivity index (χ4n) is 6.53. The lowest BCUT2D eigenvalue weighted by atomic mass is 10.1. The van der Waals surface area contributed by atoms with Crippen molar-refractivity contribution in [3.05, 3.63) is 35.4 Å². The molecule has 0 bridgehead atoms. The van der Waals surface area contributed by atoms with Crippen molar-refractivity contribution in [3.63, 3.8) is 0 Å². The van der Waals surface area contributed by atoms with E-state index >= 15 is 0 Å². The molecule has 0 spiro atoms. The quantitative estimate of drug-likeness (QED) is 0.0423. The highest BCUT2D eigenvalue weighted by Gasteiger charge is 2.36. The molecule has 0 saturated heterocycles. The average Bonchev–Trinajstić information content (AvgIpc) is 3.36. The molecule has 0 aliphatic carbocycles. The smallest absolute Gasteiger partial charge is 0.330 e. The monoisotopic (exact) mass is 722 g/mol. The van der Waals surface area contributed by atoms with Crippen molar-refractivity contribution in [2.45, 2.75) is 174 Å². The number of unbranched alkanes of at least 4 members (excludes halogenated alkanes) is 22. The van der Waals surface area contributed by atoms with E-state index in [0.29, 0.717) is 30.9 Å². The number of amides is 2. The molecule has 2 amide bonds. The highest BCUT2D eigenvalue weighted by Crippen LogP contribution is 2.42. The van der Waals surface area contributed by atoms with E-state index < -0.39 is 25.5 Å². The summed E-state index contributed by atoms with van der Waals surface area (Å²) >= 11 is 0. The van der Waals surface area contributed by atoms with Crippen molar-refractivity contribution in [3.8, 4) is 0 Å². The first-order valence-corrected chi connectivity index (χ1v) is 22.3. The van der Waals surface area contributed by atoms with Crippen LogP contribution < -0.4 is 0 Å². The number of benzene rings is 1. The zero-order valence-electron chi connectivity index (χ0n) is 31.9. The topological polar surface area (TPSA) is 102 Å². The van der Waals surface area contributed by atoms with Gasteiger partial charge in [0, 0.05) is 19.8 Å². The Morgan fingerprint density at radius 2 is 1.00 bits per heavy atom. The predicted octanol–water partition coefficient (Wildman–Crippen LogP) is 11.3. The highest BCUT2D eigenvalue weighted by atomic mass is 31.2. The first-order chi connectivity index (χ1) is 24.4. The van der Waals surface area contributed by atoms with E-state index in [2.05, 4.69) is 13.8 Å². The van der Waals surface area contributed by atoms with Crippen LogP contribution in [0.5, 0.6) is 0 Å². The maximum atomic E-state index is 12.9. The summed E-state index contributed by atoms with van der Waals surface area (Å²) in [4.78, 5) is 36.9. The third-order valence-electron chi connectivity index (χ3n) is 9.74. The van der Waals surface area contributed by atoms with E-state index in [1.165, 1.54) is 128 Å². The molecule has 1 N–H and O–H groups in total. The molecule has 1 unspecified atom stereocenters. The standard InChI is InChI=1S/C41H72NO7P/c1-3-5-7-9-11-13-15-17-19-21-23-27-32-47-35-37(48-33-28-24-22-20-18-16-14-12-10-8-6-4-2)36-49-50(45,46)34-31-42-40(43)38-29-25-26-30-39(38)41(42)44/h25-26,29-30,37H,3-24,27-28,31-36H2,1-2H3,(H,45,46)/t37-/m0/s1. The molecule has 0 aromatic heterocycles. The number of fused-ring (bicyclic) bond motifs is 1. The Balaban J connectivity index is 1.65. The van der Waals surface area contributed by atoms with Crippen LogP contribution in [0.3, 0.4) is 0 Å². The molecule has 1 aliphatic rings. The third kappa shape index (κ3) is 20.5. The third-order valence-corrected chi connectivity index (χ3v) is 11.1. The van der Waals surface area contributed by atoms with Crippen LogP contribution >= 0.6 is 7.60 Å². The largest absolute Gasteiger partial charge is 0.379 e. The minimum atomic E-state index is -4.07. The molecule has 0 radical (unpaired) electrons. The summed E-state index contributed by atoms with van der Waals surface area (Å²) in [6.07, 6.45) is 29.9. The highest BCUT2D eigenvalue weighted by molar-refractivity contribution is 7.52. The zero-order valence-corrected chi connectivity index (χ0v) is 32.8. The van der Waals surface area contributed by atoms with Gasteiger partial charge in [0.2, 0.25) is 0 Å². The molecule has 1 aromatic rings. The first-order valence-electron chi connectivity index (χ1n) is 20.5. The second-order valence-electron chi connectivity index (χ2n) is 14.3. The molecule has 288 valence electrons. The van der Waals surface area contributed by atoms with Gasteiger partial charge in [-0.3, -0.25) is 19.1 Å². The van der Waals surface area contributed by atoms with Crippen LogP contribution in [0.2, 0.25) is 0 Å². The second-order valence-corrected chi connectivity index (χ2v) is 16.3. The van der Waals surface area contributed by atoms with Gasteiger partial charge in [-0.15, -0.1) is 0 Å². The molecule has 1 aliphatic heterocycles. The summed E-state index contributed by atoms with van der Waals surface area (Å²) in [5.41, 5.74) is 0.644. The number of nitrogens with zero attached hydrogens (tertiary/aromatic N) is 1. The molecular weight excluding hydrogens is 649 g/mol. The van der Waals surface area contributed by atoms with Crippen LogP contribution in [0.15, 0.2) is 24.3 Å². The van der Waals surface area contributed by atoms with Crippen molar-refractivity contribution in [2.24, 2.45) is 0 Å². The van der Waals surface area contributed by atoms with Crippen molar-refractivity contribution in [2.75, 3.05) is 39.1 Å². The molecule has 2 atom stereocenters. The summed E-state index contributed by atoms with van der Waals surface area (Å²) in [6.45, 7) is 5.75. The van der Waals surface area contributed by atoms with E-state index in [9.17, 15) is 19.0 Å². The Labute approximate surface area is 305 Å². The van der Waals surface area contributed by atoms with Crippen molar-refractivity contribution >= 4 is 19.4 Å². The number of carbonyl (C=O) groups excluding carboxylic acids is 2. The molecule has 0 fully saturated rings. The van der Waals surface area contributed by atoms with Crippen molar-refractivity contribution in [1.29, 1.82) is 0 Å². The molecule has 50 heavy (non-hydrogen) atoms. The summed E-state index contributed by atoms with van der Waals surface area (Å²) in [7, 11) is -4.07. The van der Waals surface area contributed by atoms with Crippen LogP contribution in [0, 0.1) is 0 Å². The molecule has 8 nitrogen and oxygen atoms in total. The number of hydrogen-bond donors (Lipinski definition) is 1. The van der Waals surface area contributed by atoms with E-state index in [1.807, 2.05) is 0 Å². The van der Waals surface area contributed by atoms with Gasteiger partial charge >= 0.3 is 7.60 Å². The van der Waals surface area contributed by atoms with Crippen LogP contribution in [0.4, 0.5) is 0 Å². The number of rotatable bonds is 35. The van der Waals surface area contributed by atoms with Gasteiger partial charge in [0.25, 0.3) is 11.8 Å². The average molecular weight is 722 g/mol. The normalized spacial score (nSPS) is 14.7. The Bertz CT molecular complexity index is 1030. The molecule has 2 rings (SSSR count). The fraction of sp³-hybridized carbons (Fsp3) is 0.805. The van der Waals surface area contributed by atoms with Crippen LogP contribution in [-0.2, 0) is 18.6 Å². The van der Waals surface area contributed by atoms with Gasteiger partial charge in [0.1, 0.15) is 6.10 Å². The Kier molecular flexibility index (Phi) is 25.8. The van der Waals surface area contributed by atoms with E-state index in [1.54, 1.807) is 24.3 Å². The molecule has 0 saturated carbocycles. The van der Waals surface area contributed by atoms with E-state index in [4.69, 9.17) is 14.0 Å². The number of imide groups is 1.